The first kappa shape index (κ1) is 18.8. The highest BCUT2D eigenvalue weighted by Crippen LogP contribution is 2.39. The average molecular weight is 368 g/mol. The number of aryl methyl sites for hydroxylation is 1. The van der Waals surface area contributed by atoms with Crippen LogP contribution in [-0.2, 0) is 16.1 Å². The smallest absolute Gasteiger partial charge is 0.228 e. The van der Waals surface area contributed by atoms with Crippen molar-refractivity contribution in [1.29, 1.82) is 0 Å². The summed E-state index contributed by atoms with van der Waals surface area (Å²) in [4.78, 5) is 24.7. The lowest BCUT2D eigenvalue weighted by Gasteiger charge is -2.10. The van der Waals surface area contributed by atoms with Gasteiger partial charge in [-0.3, -0.25) is 9.59 Å². The van der Waals surface area contributed by atoms with E-state index >= 15 is 0 Å². The van der Waals surface area contributed by atoms with Crippen LogP contribution in [0, 0.1) is 18.8 Å². The van der Waals surface area contributed by atoms with Gasteiger partial charge < -0.3 is 20.1 Å². The third kappa shape index (κ3) is 4.39. The molecule has 1 fully saturated rings. The van der Waals surface area contributed by atoms with Crippen LogP contribution in [0.1, 0.15) is 17.5 Å². The standard InChI is InChI=1S/C21H24N2O4/c1-13-6-4-5-7-17(13)23-21(25)16-11-15(16)20(24)22-12-14-8-9-18(26-2)19(10-14)27-3/h4-10,15-16H,11-12H2,1-3H3,(H,22,24)(H,23,25). The summed E-state index contributed by atoms with van der Waals surface area (Å²) in [5.74, 6) is 0.517. The highest BCUT2D eigenvalue weighted by molar-refractivity contribution is 5.99. The SMILES string of the molecule is COc1ccc(CNC(=O)C2CC2C(=O)Nc2ccccc2C)cc1OC. The first-order valence-corrected chi connectivity index (χ1v) is 8.88. The molecule has 2 amide bonds. The molecule has 0 aromatic heterocycles. The Morgan fingerprint density at radius 2 is 1.70 bits per heavy atom. The molecule has 0 radical (unpaired) electrons. The molecule has 2 atom stereocenters. The van der Waals surface area contributed by atoms with Crippen LogP contribution in [0.3, 0.4) is 0 Å². The molecular formula is C21H24N2O4. The molecule has 27 heavy (non-hydrogen) atoms. The zero-order valence-corrected chi connectivity index (χ0v) is 15.7. The van der Waals surface area contributed by atoms with Crippen molar-refractivity contribution in [3.05, 3.63) is 53.6 Å². The number of carbonyl (C=O) groups is 2. The lowest BCUT2D eigenvalue weighted by Crippen LogP contribution is -2.27. The number of carbonyl (C=O) groups excluding carboxylic acids is 2. The topological polar surface area (TPSA) is 76.7 Å². The van der Waals surface area contributed by atoms with Crippen LogP contribution in [-0.4, -0.2) is 26.0 Å². The molecule has 142 valence electrons. The lowest BCUT2D eigenvalue weighted by molar-refractivity contribution is -0.125. The van der Waals surface area contributed by atoms with Crippen LogP contribution >= 0.6 is 0 Å². The molecule has 3 rings (SSSR count). The highest BCUT2D eigenvalue weighted by atomic mass is 16.5. The van der Waals surface area contributed by atoms with Gasteiger partial charge in [0, 0.05) is 12.2 Å². The molecule has 0 heterocycles. The minimum atomic E-state index is -0.269. The van der Waals surface area contributed by atoms with Crippen molar-refractivity contribution < 1.29 is 19.1 Å². The zero-order chi connectivity index (χ0) is 19.4. The van der Waals surface area contributed by atoms with E-state index in [0.29, 0.717) is 24.5 Å². The minimum absolute atomic E-state index is 0.101. The van der Waals surface area contributed by atoms with Crippen molar-refractivity contribution >= 4 is 17.5 Å². The maximum atomic E-state index is 12.3. The third-order valence-electron chi connectivity index (χ3n) is 4.78. The molecule has 0 bridgehead atoms. The Balaban J connectivity index is 1.51. The lowest BCUT2D eigenvalue weighted by atomic mass is 10.2. The fourth-order valence-corrected chi connectivity index (χ4v) is 3.02. The van der Waals surface area contributed by atoms with Gasteiger partial charge in [0.05, 0.1) is 26.1 Å². The van der Waals surface area contributed by atoms with E-state index < -0.39 is 0 Å². The summed E-state index contributed by atoms with van der Waals surface area (Å²) in [7, 11) is 3.15. The fraction of sp³-hybridized carbons (Fsp3) is 0.333. The Labute approximate surface area is 158 Å². The van der Waals surface area contributed by atoms with Crippen LogP contribution in [0.4, 0.5) is 5.69 Å². The monoisotopic (exact) mass is 368 g/mol. The summed E-state index contributed by atoms with van der Waals surface area (Å²) in [6.45, 7) is 2.32. The van der Waals surface area contributed by atoms with Gasteiger partial charge in [0.25, 0.3) is 0 Å². The molecule has 0 aliphatic heterocycles. The highest BCUT2D eigenvalue weighted by Gasteiger charge is 2.47. The maximum Gasteiger partial charge on any atom is 0.228 e. The summed E-state index contributed by atoms with van der Waals surface area (Å²) >= 11 is 0. The second-order valence-electron chi connectivity index (χ2n) is 6.66. The van der Waals surface area contributed by atoms with Crippen LogP contribution < -0.4 is 20.1 Å². The van der Waals surface area contributed by atoms with Gasteiger partial charge in [0.1, 0.15) is 0 Å². The molecule has 0 saturated heterocycles. The van der Waals surface area contributed by atoms with Gasteiger partial charge in [-0.05, 0) is 42.7 Å². The Morgan fingerprint density at radius 1 is 1.00 bits per heavy atom. The number of ether oxygens (including phenoxy) is 2. The van der Waals surface area contributed by atoms with Gasteiger partial charge in [-0.25, -0.2) is 0 Å². The predicted octanol–water partition coefficient (Wildman–Crippen LogP) is 2.90. The van der Waals surface area contributed by atoms with Gasteiger partial charge in [0.15, 0.2) is 11.5 Å². The average Bonchev–Trinajstić information content (AvgIpc) is 3.48. The molecule has 2 unspecified atom stereocenters. The number of amides is 2. The van der Waals surface area contributed by atoms with E-state index in [0.717, 1.165) is 16.8 Å². The van der Waals surface area contributed by atoms with Crippen LogP contribution in [0.5, 0.6) is 11.5 Å². The summed E-state index contributed by atoms with van der Waals surface area (Å²) in [6, 6.07) is 13.1. The normalized spacial score (nSPS) is 17.7. The number of benzene rings is 2. The van der Waals surface area contributed by atoms with Gasteiger partial charge in [0.2, 0.25) is 11.8 Å². The largest absolute Gasteiger partial charge is 0.493 e. The summed E-state index contributed by atoms with van der Waals surface area (Å²) in [5, 5.41) is 5.80. The Hall–Kier alpha value is -3.02. The third-order valence-corrected chi connectivity index (χ3v) is 4.78. The first-order valence-electron chi connectivity index (χ1n) is 8.88. The van der Waals surface area contributed by atoms with Crippen molar-refractivity contribution in [3.63, 3.8) is 0 Å². The van der Waals surface area contributed by atoms with Crippen molar-refractivity contribution in [2.24, 2.45) is 11.8 Å². The van der Waals surface area contributed by atoms with Crippen molar-refractivity contribution in [2.75, 3.05) is 19.5 Å². The predicted molar refractivity (Wildman–Crippen MR) is 103 cm³/mol. The molecule has 1 aliphatic rings. The van der Waals surface area contributed by atoms with Crippen LogP contribution in [0.25, 0.3) is 0 Å². The molecular weight excluding hydrogens is 344 g/mol. The van der Waals surface area contributed by atoms with Crippen LogP contribution in [0.15, 0.2) is 42.5 Å². The number of anilines is 1. The summed E-state index contributed by atoms with van der Waals surface area (Å²) in [6.07, 6.45) is 0.579. The Bertz CT molecular complexity index is 850. The fourth-order valence-electron chi connectivity index (χ4n) is 3.02. The molecule has 6 heteroatoms. The molecule has 6 nitrogen and oxygen atoms in total. The van der Waals surface area contributed by atoms with E-state index in [4.69, 9.17) is 9.47 Å². The van der Waals surface area contributed by atoms with E-state index in [2.05, 4.69) is 10.6 Å². The number of methoxy groups -OCH3 is 2. The van der Waals surface area contributed by atoms with E-state index in [1.807, 2.05) is 43.3 Å². The quantitative estimate of drug-likeness (QED) is 0.788. The van der Waals surface area contributed by atoms with E-state index in [9.17, 15) is 9.59 Å². The Morgan fingerprint density at radius 3 is 2.41 bits per heavy atom. The molecule has 2 aromatic carbocycles. The van der Waals surface area contributed by atoms with Gasteiger partial charge in [-0.2, -0.15) is 0 Å². The summed E-state index contributed by atoms with van der Waals surface area (Å²) < 4.78 is 10.5. The number of nitrogens with one attached hydrogen (secondary N) is 2. The van der Waals surface area contributed by atoms with E-state index in [-0.39, 0.29) is 23.7 Å². The second-order valence-corrected chi connectivity index (χ2v) is 6.66. The van der Waals surface area contributed by atoms with Gasteiger partial charge >= 0.3 is 0 Å². The van der Waals surface area contributed by atoms with Crippen molar-refractivity contribution in [3.8, 4) is 11.5 Å². The van der Waals surface area contributed by atoms with Crippen LogP contribution in [0.2, 0.25) is 0 Å². The number of para-hydroxylation sites is 1. The van der Waals surface area contributed by atoms with E-state index in [1.165, 1.54) is 0 Å². The molecule has 1 saturated carbocycles. The molecule has 2 N–H and O–H groups in total. The van der Waals surface area contributed by atoms with Crippen molar-refractivity contribution in [1.82, 2.24) is 5.32 Å². The Kier molecular flexibility index (Phi) is 5.64. The van der Waals surface area contributed by atoms with Gasteiger partial charge in [-0.15, -0.1) is 0 Å². The first-order chi connectivity index (χ1) is 13.0. The van der Waals surface area contributed by atoms with E-state index in [1.54, 1.807) is 20.3 Å². The molecule has 0 spiro atoms. The van der Waals surface area contributed by atoms with Crippen molar-refractivity contribution in [2.45, 2.75) is 19.9 Å². The zero-order valence-electron chi connectivity index (χ0n) is 15.7. The maximum absolute atomic E-state index is 12.3. The second kappa shape index (κ2) is 8.12. The molecule has 1 aliphatic carbocycles. The van der Waals surface area contributed by atoms with Gasteiger partial charge in [-0.1, -0.05) is 24.3 Å². The minimum Gasteiger partial charge on any atom is -0.493 e. The number of hydrogen-bond donors (Lipinski definition) is 2. The summed E-state index contributed by atoms with van der Waals surface area (Å²) in [5.41, 5.74) is 2.70. The number of hydrogen-bond acceptors (Lipinski definition) is 4. The molecule has 2 aromatic rings. The number of rotatable bonds is 7.